The monoisotopic (exact) mass is 476 g/mol. The van der Waals surface area contributed by atoms with E-state index in [4.69, 9.17) is 4.74 Å². The van der Waals surface area contributed by atoms with E-state index in [0.717, 1.165) is 69.5 Å². The Labute approximate surface area is 205 Å². The predicted molar refractivity (Wildman–Crippen MR) is 136 cm³/mol. The van der Waals surface area contributed by atoms with Gasteiger partial charge in [-0.1, -0.05) is 42.5 Å². The molecule has 0 atom stereocenters. The van der Waals surface area contributed by atoms with Crippen LogP contribution < -0.4 is 4.90 Å². The zero-order chi connectivity index (χ0) is 23.2. The number of carbonyl (C=O) groups excluding carboxylic acids is 1. The Bertz CT molecular complexity index is 1030. The van der Waals surface area contributed by atoms with Crippen LogP contribution in [0.4, 0.5) is 5.82 Å². The molecule has 0 bridgehead atoms. The highest BCUT2D eigenvalue weighted by atomic mass is 32.1. The van der Waals surface area contributed by atoms with E-state index in [1.807, 2.05) is 40.6 Å². The smallest absolute Gasteiger partial charge is 0.269 e. The van der Waals surface area contributed by atoms with Crippen molar-refractivity contribution >= 4 is 23.1 Å². The van der Waals surface area contributed by atoms with Gasteiger partial charge in [0.05, 0.1) is 4.88 Å². The average molecular weight is 477 g/mol. The molecule has 2 fully saturated rings. The Morgan fingerprint density at radius 2 is 1.74 bits per heavy atom. The molecule has 0 spiro atoms. The van der Waals surface area contributed by atoms with Crippen molar-refractivity contribution in [3.63, 3.8) is 0 Å². The molecule has 6 nitrogen and oxygen atoms in total. The lowest BCUT2D eigenvalue weighted by Gasteiger charge is -2.51. The molecule has 0 unspecified atom stereocenters. The number of anilines is 1. The number of aromatic nitrogens is 1. The topological polar surface area (TPSA) is 48.9 Å². The highest BCUT2D eigenvalue weighted by molar-refractivity contribution is 7.12. The summed E-state index contributed by atoms with van der Waals surface area (Å²) in [6.45, 7) is 7.12. The van der Waals surface area contributed by atoms with Crippen LogP contribution in [0.2, 0.25) is 0 Å². The van der Waals surface area contributed by atoms with Crippen LogP contribution >= 0.6 is 11.3 Å². The lowest BCUT2D eigenvalue weighted by Crippen LogP contribution is -2.63. The molecule has 178 valence electrons. The number of ether oxygens (including phenoxy) is 1. The van der Waals surface area contributed by atoms with Gasteiger partial charge < -0.3 is 4.74 Å². The minimum atomic E-state index is -0.110. The van der Waals surface area contributed by atoms with Crippen molar-refractivity contribution in [2.45, 2.75) is 24.9 Å². The summed E-state index contributed by atoms with van der Waals surface area (Å²) in [5, 5.41) is 1.96. The van der Waals surface area contributed by atoms with E-state index in [1.54, 1.807) is 6.20 Å². The molecule has 2 aromatic heterocycles. The van der Waals surface area contributed by atoms with E-state index in [-0.39, 0.29) is 11.4 Å². The normalized spacial score (nSPS) is 19.1. The minimum absolute atomic E-state index is 0.0299. The van der Waals surface area contributed by atoms with Gasteiger partial charge >= 0.3 is 0 Å². The lowest BCUT2D eigenvalue weighted by molar-refractivity contribution is -0.0438. The maximum Gasteiger partial charge on any atom is 0.269 e. The van der Waals surface area contributed by atoms with Gasteiger partial charge in [-0.3, -0.25) is 19.5 Å². The molecule has 0 radical (unpaired) electrons. The van der Waals surface area contributed by atoms with Gasteiger partial charge in [-0.15, -0.1) is 11.3 Å². The molecule has 0 aliphatic carbocycles. The summed E-state index contributed by atoms with van der Waals surface area (Å²) in [7, 11) is 0. The van der Waals surface area contributed by atoms with Gasteiger partial charge in [0, 0.05) is 64.2 Å². The summed E-state index contributed by atoms with van der Waals surface area (Å²) in [5.41, 5.74) is 1.25. The number of rotatable bonds is 7. The molecule has 2 saturated heterocycles. The van der Waals surface area contributed by atoms with Gasteiger partial charge in [0.15, 0.2) is 0 Å². The minimum Gasteiger partial charge on any atom is -0.381 e. The van der Waals surface area contributed by atoms with Gasteiger partial charge in [0.1, 0.15) is 5.82 Å². The molecule has 7 heteroatoms. The van der Waals surface area contributed by atoms with Gasteiger partial charge in [-0.2, -0.15) is 0 Å². The molecule has 2 aliphatic rings. The second-order valence-corrected chi connectivity index (χ2v) is 10.1. The Kier molecular flexibility index (Phi) is 7.35. The Morgan fingerprint density at radius 3 is 2.41 bits per heavy atom. The number of hydrogen-bond acceptors (Lipinski definition) is 6. The Morgan fingerprint density at radius 1 is 0.971 bits per heavy atom. The van der Waals surface area contributed by atoms with E-state index in [0.29, 0.717) is 6.54 Å². The predicted octanol–water partition coefficient (Wildman–Crippen LogP) is 4.16. The maximum atomic E-state index is 13.6. The molecular formula is C27H32N4O2S. The molecule has 1 aromatic carbocycles. The highest BCUT2D eigenvalue weighted by Gasteiger charge is 2.42. The first-order valence-corrected chi connectivity index (χ1v) is 13.0. The first-order valence-electron chi connectivity index (χ1n) is 12.1. The SMILES string of the molecule is O=C(c1cccs1)N(CC1(N2CCN(Cc3ccccc3)CC2)CCOCC1)c1ccccn1. The van der Waals surface area contributed by atoms with Crippen molar-refractivity contribution in [3.05, 3.63) is 82.7 Å². The van der Waals surface area contributed by atoms with Crippen LogP contribution in [0.5, 0.6) is 0 Å². The second kappa shape index (κ2) is 10.8. The first kappa shape index (κ1) is 23.2. The fraction of sp³-hybridized carbons (Fsp3) is 0.407. The third-order valence-electron chi connectivity index (χ3n) is 7.07. The third-order valence-corrected chi connectivity index (χ3v) is 7.93. The summed E-state index contributed by atoms with van der Waals surface area (Å²) >= 11 is 1.49. The summed E-state index contributed by atoms with van der Waals surface area (Å²) in [4.78, 5) is 26.0. The number of amides is 1. The number of carbonyl (C=O) groups is 1. The molecule has 2 aliphatic heterocycles. The van der Waals surface area contributed by atoms with Gasteiger partial charge in [-0.25, -0.2) is 4.98 Å². The van der Waals surface area contributed by atoms with Crippen LogP contribution in [-0.2, 0) is 11.3 Å². The number of benzene rings is 1. The fourth-order valence-corrected chi connectivity index (χ4v) is 5.82. The molecule has 0 N–H and O–H groups in total. The Balaban J connectivity index is 1.35. The van der Waals surface area contributed by atoms with Crippen molar-refractivity contribution in [2.24, 2.45) is 0 Å². The summed E-state index contributed by atoms with van der Waals surface area (Å²) in [6, 6.07) is 20.3. The zero-order valence-corrected chi connectivity index (χ0v) is 20.3. The van der Waals surface area contributed by atoms with Crippen molar-refractivity contribution in [1.82, 2.24) is 14.8 Å². The maximum absolute atomic E-state index is 13.6. The van der Waals surface area contributed by atoms with Crippen LogP contribution in [0.1, 0.15) is 28.1 Å². The van der Waals surface area contributed by atoms with Crippen LogP contribution in [0.3, 0.4) is 0 Å². The highest BCUT2D eigenvalue weighted by Crippen LogP contribution is 2.32. The summed E-state index contributed by atoms with van der Waals surface area (Å²) in [6.07, 6.45) is 3.61. The first-order chi connectivity index (χ1) is 16.7. The average Bonchev–Trinajstić information content (AvgIpc) is 3.44. The van der Waals surface area contributed by atoms with Crippen LogP contribution in [0, 0.1) is 0 Å². The molecule has 5 rings (SSSR count). The van der Waals surface area contributed by atoms with E-state index >= 15 is 0 Å². The number of piperazine rings is 1. The quantitative estimate of drug-likeness (QED) is 0.513. The van der Waals surface area contributed by atoms with Gasteiger partial charge in [-0.05, 0) is 42.0 Å². The number of nitrogens with zero attached hydrogens (tertiary/aromatic N) is 4. The molecular weight excluding hydrogens is 444 g/mol. The second-order valence-electron chi connectivity index (χ2n) is 9.14. The standard InChI is InChI=1S/C27H32N4O2S/c32-26(24-9-6-20-34-24)31(25-10-4-5-13-28-25)22-27(11-18-33-19-12-27)30-16-14-29(15-17-30)21-23-7-2-1-3-8-23/h1-10,13,20H,11-12,14-19,21-22H2. The molecule has 3 aromatic rings. The largest absolute Gasteiger partial charge is 0.381 e. The summed E-state index contributed by atoms with van der Waals surface area (Å²) in [5.74, 6) is 0.747. The lowest BCUT2D eigenvalue weighted by atomic mass is 9.86. The van der Waals surface area contributed by atoms with Gasteiger partial charge in [0.2, 0.25) is 0 Å². The fourth-order valence-electron chi connectivity index (χ4n) is 5.15. The van der Waals surface area contributed by atoms with Crippen LogP contribution in [0.15, 0.2) is 72.2 Å². The van der Waals surface area contributed by atoms with E-state index < -0.39 is 0 Å². The van der Waals surface area contributed by atoms with E-state index in [9.17, 15) is 4.79 Å². The van der Waals surface area contributed by atoms with Crippen LogP contribution in [0.25, 0.3) is 0 Å². The van der Waals surface area contributed by atoms with Crippen molar-refractivity contribution < 1.29 is 9.53 Å². The summed E-state index contributed by atoms with van der Waals surface area (Å²) < 4.78 is 5.78. The van der Waals surface area contributed by atoms with Crippen LogP contribution in [-0.4, -0.2) is 72.2 Å². The molecule has 1 amide bonds. The number of hydrogen-bond donors (Lipinski definition) is 0. The molecule has 4 heterocycles. The molecule has 0 saturated carbocycles. The zero-order valence-electron chi connectivity index (χ0n) is 19.5. The van der Waals surface area contributed by atoms with Crippen molar-refractivity contribution in [3.8, 4) is 0 Å². The van der Waals surface area contributed by atoms with E-state index in [1.165, 1.54) is 16.9 Å². The molecule has 34 heavy (non-hydrogen) atoms. The van der Waals surface area contributed by atoms with Crippen molar-refractivity contribution in [2.75, 3.05) is 50.8 Å². The third kappa shape index (κ3) is 5.23. The van der Waals surface area contributed by atoms with Crippen molar-refractivity contribution in [1.29, 1.82) is 0 Å². The Hall–Kier alpha value is -2.58. The number of pyridine rings is 1. The van der Waals surface area contributed by atoms with Gasteiger partial charge in [0.25, 0.3) is 5.91 Å². The van der Waals surface area contributed by atoms with E-state index in [2.05, 4.69) is 45.1 Å². The number of thiophene rings is 1.